The summed E-state index contributed by atoms with van der Waals surface area (Å²) in [6.45, 7) is 3.80. The minimum atomic E-state index is -0.809. The van der Waals surface area contributed by atoms with E-state index in [-0.39, 0.29) is 24.2 Å². The van der Waals surface area contributed by atoms with Crippen LogP contribution >= 0.6 is 0 Å². The minimum absolute atomic E-state index is 0.121. The molecule has 2 aromatic heterocycles. The zero-order valence-electron chi connectivity index (χ0n) is 18.5. The number of imide groups is 1. The van der Waals surface area contributed by atoms with E-state index in [9.17, 15) is 9.59 Å². The summed E-state index contributed by atoms with van der Waals surface area (Å²) in [5, 5.41) is 0. The molecule has 2 amide bonds. The highest BCUT2D eigenvalue weighted by molar-refractivity contribution is 6.21. The average Bonchev–Trinajstić information content (AvgIpc) is 3.52. The molecule has 11 nitrogen and oxygen atoms in total. The number of hydrogen-bond acceptors (Lipinski definition) is 9. The summed E-state index contributed by atoms with van der Waals surface area (Å²) in [5.41, 5.74) is 7.77. The van der Waals surface area contributed by atoms with Crippen molar-refractivity contribution < 1.29 is 23.8 Å². The lowest BCUT2D eigenvalue weighted by atomic mass is 10.1. The van der Waals surface area contributed by atoms with Crippen molar-refractivity contribution in [3.8, 4) is 0 Å². The molecule has 174 valence electrons. The van der Waals surface area contributed by atoms with E-state index < -0.39 is 30.3 Å². The summed E-state index contributed by atoms with van der Waals surface area (Å²) in [4.78, 5) is 39.1. The average molecular weight is 462 g/mol. The Labute approximate surface area is 194 Å². The highest BCUT2D eigenvalue weighted by Gasteiger charge is 2.55. The van der Waals surface area contributed by atoms with Crippen LogP contribution in [0.25, 0.3) is 11.2 Å². The normalized spacial score (nSPS) is 27.8. The number of imidazole rings is 1. The second-order valence-electron chi connectivity index (χ2n) is 8.83. The second kappa shape index (κ2) is 7.42. The molecule has 0 saturated carbocycles. The smallest absolute Gasteiger partial charge is 0.261 e. The molecule has 2 N–H and O–H groups in total. The van der Waals surface area contributed by atoms with Crippen molar-refractivity contribution in [2.24, 2.45) is 0 Å². The number of nitrogen functional groups attached to an aromatic ring is 1. The van der Waals surface area contributed by atoms with Crippen LogP contribution in [-0.4, -0.2) is 66.9 Å². The van der Waals surface area contributed by atoms with Gasteiger partial charge < -0.3 is 19.9 Å². The molecule has 1 aromatic carbocycles. The maximum atomic E-state index is 12.6. The summed E-state index contributed by atoms with van der Waals surface area (Å²) in [7, 11) is 0. The van der Waals surface area contributed by atoms with Crippen LogP contribution in [0.3, 0.4) is 0 Å². The van der Waals surface area contributed by atoms with Gasteiger partial charge >= 0.3 is 0 Å². The van der Waals surface area contributed by atoms with Gasteiger partial charge in [0, 0.05) is 6.54 Å². The Bertz CT molecular complexity index is 1320. The molecule has 3 aromatic rings. The maximum Gasteiger partial charge on any atom is 0.261 e. The van der Waals surface area contributed by atoms with E-state index >= 15 is 0 Å². The molecule has 5 heterocycles. The van der Waals surface area contributed by atoms with E-state index in [1.165, 1.54) is 11.2 Å². The summed E-state index contributed by atoms with van der Waals surface area (Å²) in [5.74, 6) is -1.15. The van der Waals surface area contributed by atoms with Gasteiger partial charge in [0.25, 0.3) is 11.8 Å². The fourth-order valence-electron chi connectivity index (χ4n) is 4.75. The van der Waals surface area contributed by atoms with E-state index in [1.54, 1.807) is 47.3 Å². The molecule has 0 aliphatic carbocycles. The van der Waals surface area contributed by atoms with Gasteiger partial charge in [-0.3, -0.25) is 19.1 Å². The van der Waals surface area contributed by atoms with Crippen molar-refractivity contribution in [2.75, 3.05) is 12.3 Å². The number of fused-ring (bicyclic) bond motifs is 3. The Balaban J connectivity index is 1.25. The van der Waals surface area contributed by atoms with Crippen LogP contribution < -0.4 is 5.73 Å². The Morgan fingerprint density at radius 2 is 1.76 bits per heavy atom. The fraction of sp³-hybridized carbons (Fsp3) is 0.348. The van der Waals surface area contributed by atoms with Gasteiger partial charge in [0.2, 0.25) is 0 Å². The van der Waals surface area contributed by atoms with E-state index in [1.807, 2.05) is 13.8 Å². The lowest BCUT2D eigenvalue weighted by Gasteiger charge is -2.24. The number of aromatic nitrogens is 4. The maximum absolute atomic E-state index is 12.6. The van der Waals surface area contributed by atoms with E-state index in [2.05, 4.69) is 15.0 Å². The highest BCUT2D eigenvalue weighted by Crippen LogP contribution is 2.44. The third kappa shape index (κ3) is 3.12. The van der Waals surface area contributed by atoms with Gasteiger partial charge in [-0.1, -0.05) is 24.3 Å². The van der Waals surface area contributed by atoms with Crippen molar-refractivity contribution in [2.45, 2.75) is 44.2 Å². The number of carbonyl (C=O) groups is 2. The molecule has 0 radical (unpaired) electrons. The quantitative estimate of drug-likeness (QED) is 0.454. The zero-order chi connectivity index (χ0) is 23.6. The van der Waals surface area contributed by atoms with Crippen molar-refractivity contribution in [1.82, 2.24) is 24.4 Å². The van der Waals surface area contributed by atoms with Gasteiger partial charge in [-0.05, 0) is 26.0 Å². The fourth-order valence-corrected chi connectivity index (χ4v) is 4.75. The number of anilines is 1. The number of ether oxygens (including phenoxy) is 3. The Hall–Kier alpha value is -3.67. The SMILES string of the molecule is CC1(C)O[C@@H]2[C@H](O1)[C@@H](C=CCN1C(=O)c3ccccc3C1=O)O[C@H]2n1cnc2c(N)ncnc21. The largest absolute Gasteiger partial charge is 0.382 e. The molecule has 2 saturated heterocycles. The van der Waals surface area contributed by atoms with Gasteiger partial charge in [-0.15, -0.1) is 0 Å². The predicted octanol–water partition coefficient (Wildman–Crippen LogP) is 1.68. The standard InChI is InChI=1S/C23H22N6O5/c1-23(2)33-16-14(8-5-9-28-20(30)12-6-3-4-7-13(12)21(28)31)32-22(17(16)34-23)29-11-27-15-18(24)25-10-26-19(15)29/h3-8,10-11,14,16-17,22H,9H2,1-2H3,(H2,24,25,26)/t14-,16-,17-,22-/m1/s1. The molecule has 2 fully saturated rings. The highest BCUT2D eigenvalue weighted by atomic mass is 16.8. The first kappa shape index (κ1) is 20.9. The van der Waals surface area contributed by atoms with Gasteiger partial charge in [-0.2, -0.15) is 0 Å². The molecular weight excluding hydrogens is 440 g/mol. The molecule has 3 aliphatic rings. The van der Waals surface area contributed by atoms with Crippen LogP contribution in [0.2, 0.25) is 0 Å². The van der Waals surface area contributed by atoms with Crippen LogP contribution in [0.4, 0.5) is 5.82 Å². The van der Waals surface area contributed by atoms with Crippen molar-refractivity contribution in [1.29, 1.82) is 0 Å². The molecule has 6 rings (SSSR count). The molecule has 3 aliphatic heterocycles. The third-order valence-corrected chi connectivity index (χ3v) is 6.22. The summed E-state index contributed by atoms with van der Waals surface area (Å²) in [6, 6.07) is 6.80. The van der Waals surface area contributed by atoms with Crippen LogP contribution in [0, 0.1) is 0 Å². The zero-order valence-corrected chi connectivity index (χ0v) is 18.5. The second-order valence-corrected chi connectivity index (χ2v) is 8.83. The van der Waals surface area contributed by atoms with Crippen LogP contribution in [0.1, 0.15) is 40.8 Å². The first-order valence-corrected chi connectivity index (χ1v) is 10.9. The van der Waals surface area contributed by atoms with Crippen molar-refractivity contribution >= 4 is 28.8 Å². The Morgan fingerprint density at radius 3 is 2.50 bits per heavy atom. The van der Waals surface area contributed by atoms with Crippen LogP contribution in [-0.2, 0) is 14.2 Å². The molecule has 4 atom stereocenters. The summed E-state index contributed by atoms with van der Waals surface area (Å²) in [6.07, 6.45) is 4.62. The lowest BCUT2D eigenvalue weighted by Crippen LogP contribution is -2.31. The molecule has 0 bridgehead atoms. The van der Waals surface area contributed by atoms with Crippen molar-refractivity contribution in [3.05, 3.63) is 60.2 Å². The molecule has 0 unspecified atom stereocenters. The number of nitrogens with two attached hydrogens (primary N) is 1. The minimum Gasteiger partial charge on any atom is -0.382 e. The first-order chi connectivity index (χ1) is 16.3. The van der Waals surface area contributed by atoms with E-state index in [0.717, 1.165) is 0 Å². The number of amides is 2. The molecule has 11 heteroatoms. The van der Waals surface area contributed by atoms with Gasteiger partial charge in [0.15, 0.2) is 23.5 Å². The third-order valence-electron chi connectivity index (χ3n) is 6.22. The van der Waals surface area contributed by atoms with Crippen LogP contribution in [0.15, 0.2) is 49.1 Å². The van der Waals surface area contributed by atoms with Crippen LogP contribution in [0.5, 0.6) is 0 Å². The first-order valence-electron chi connectivity index (χ1n) is 10.9. The molecule has 0 spiro atoms. The monoisotopic (exact) mass is 462 g/mol. The van der Waals surface area contributed by atoms with E-state index in [0.29, 0.717) is 22.3 Å². The lowest BCUT2D eigenvalue weighted by molar-refractivity contribution is -0.191. The summed E-state index contributed by atoms with van der Waals surface area (Å²) >= 11 is 0. The number of benzene rings is 1. The Kier molecular flexibility index (Phi) is 4.56. The molecule has 34 heavy (non-hydrogen) atoms. The predicted molar refractivity (Wildman–Crippen MR) is 118 cm³/mol. The number of hydrogen-bond donors (Lipinski definition) is 1. The summed E-state index contributed by atoms with van der Waals surface area (Å²) < 4.78 is 20.3. The Morgan fingerprint density at radius 1 is 1.06 bits per heavy atom. The number of rotatable bonds is 4. The number of carbonyl (C=O) groups excluding carboxylic acids is 2. The molecular formula is C23H22N6O5. The van der Waals surface area contributed by atoms with Gasteiger partial charge in [-0.25, -0.2) is 15.0 Å². The van der Waals surface area contributed by atoms with E-state index in [4.69, 9.17) is 19.9 Å². The van der Waals surface area contributed by atoms with Gasteiger partial charge in [0.05, 0.1) is 17.5 Å². The van der Waals surface area contributed by atoms with Crippen molar-refractivity contribution in [3.63, 3.8) is 0 Å². The topological polar surface area (TPSA) is 135 Å². The number of nitrogens with zero attached hydrogens (tertiary/aromatic N) is 5. The van der Waals surface area contributed by atoms with Gasteiger partial charge in [0.1, 0.15) is 30.2 Å².